The Morgan fingerprint density at radius 2 is 2.24 bits per heavy atom. The second-order valence-corrected chi connectivity index (χ2v) is 6.61. The van der Waals surface area contributed by atoms with Gasteiger partial charge in [-0.25, -0.2) is 4.79 Å². The average molecular weight is 308 g/mol. The number of thioether (sulfide) groups is 1. The van der Waals surface area contributed by atoms with Crippen LogP contribution in [0.3, 0.4) is 0 Å². The molecule has 0 aliphatic heterocycles. The van der Waals surface area contributed by atoms with Gasteiger partial charge >= 0.3 is 6.03 Å². The van der Waals surface area contributed by atoms with Crippen molar-refractivity contribution in [3.05, 3.63) is 29.3 Å². The Labute approximate surface area is 130 Å². The van der Waals surface area contributed by atoms with Crippen LogP contribution >= 0.6 is 11.8 Å². The number of nitrogens with zero attached hydrogens (tertiary/aromatic N) is 1. The lowest BCUT2D eigenvalue weighted by molar-refractivity contribution is 0.113. The molecule has 0 heterocycles. The number of aliphatic hydroxyl groups is 1. The van der Waals surface area contributed by atoms with E-state index in [0.717, 1.165) is 18.4 Å². The lowest BCUT2D eigenvalue weighted by Crippen LogP contribution is -2.41. The van der Waals surface area contributed by atoms with E-state index < -0.39 is 0 Å². The molecule has 0 aromatic heterocycles. The molecule has 1 atom stereocenters. The quantitative estimate of drug-likeness (QED) is 0.794. The molecule has 0 saturated heterocycles. The van der Waals surface area contributed by atoms with Gasteiger partial charge in [0.1, 0.15) is 0 Å². The van der Waals surface area contributed by atoms with E-state index in [1.165, 1.54) is 10.5 Å². The summed E-state index contributed by atoms with van der Waals surface area (Å²) in [7, 11) is 1.73. The van der Waals surface area contributed by atoms with Crippen LogP contribution in [0.25, 0.3) is 0 Å². The van der Waals surface area contributed by atoms with E-state index in [1.807, 2.05) is 6.26 Å². The largest absolute Gasteiger partial charge is 0.391 e. The topological polar surface area (TPSA) is 52.6 Å². The molecule has 0 radical (unpaired) electrons. The van der Waals surface area contributed by atoms with Gasteiger partial charge in [0.25, 0.3) is 0 Å². The molecule has 2 N–H and O–H groups in total. The summed E-state index contributed by atoms with van der Waals surface area (Å²) in [5.74, 6) is 0.389. The van der Waals surface area contributed by atoms with Gasteiger partial charge in [-0.15, -0.1) is 11.8 Å². The molecule has 0 spiro atoms. The second-order valence-electron chi connectivity index (χ2n) is 5.76. The fraction of sp³-hybridized carbons (Fsp3) is 0.562. The molecule has 0 bridgehead atoms. The Kier molecular flexibility index (Phi) is 5.53. The Balaban J connectivity index is 1.85. The summed E-state index contributed by atoms with van der Waals surface area (Å²) < 4.78 is 0. The van der Waals surface area contributed by atoms with Crippen molar-refractivity contribution in [3.63, 3.8) is 0 Å². The van der Waals surface area contributed by atoms with Crippen molar-refractivity contribution in [1.29, 1.82) is 0 Å². The Bertz CT molecular complexity index is 503. The standard InChI is InChI=1S/C16H24N2O2S/c1-11-4-5-13(15(8-11)21-3)9-17-16(20)18(2)10-14(19)12-6-7-12/h4-5,8,12,14,19H,6-7,9-10H2,1-3H3,(H,17,20). The lowest BCUT2D eigenvalue weighted by atomic mass is 10.1. The molecule has 5 heteroatoms. The van der Waals surface area contributed by atoms with Gasteiger partial charge in [-0.1, -0.05) is 12.1 Å². The molecule has 116 valence electrons. The molecular weight excluding hydrogens is 284 g/mol. The number of carbonyl (C=O) groups excluding carboxylic acids is 1. The number of rotatable bonds is 6. The summed E-state index contributed by atoms with van der Waals surface area (Å²) in [6, 6.07) is 6.11. The summed E-state index contributed by atoms with van der Waals surface area (Å²) in [6.07, 6.45) is 3.81. The molecule has 1 aromatic carbocycles. The molecular formula is C16H24N2O2S. The van der Waals surface area contributed by atoms with Crippen molar-refractivity contribution in [2.75, 3.05) is 19.8 Å². The predicted molar refractivity (Wildman–Crippen MR) is 86.6 cm³/mol. The van der Waals surface area contributed by atoms with Gasteiger partial charge < -0.3 is 15.3 Å². The molecule has 2 amide bonds. The lowest BCUT2D eigenvalue weighted by Gasteiger charge is -2.21. The Morgan fingerprint density at radius 1 is 1.52 bits per heavy atom. The zero-order valence-corrected chi connectivity index (χ0v) is 13.7. The van der Waals surface area contributed by atoms with Crippen LogP contribution in [0.5, 0.6) is 0 Å². The number of benzene rings is 1. The Hall–Kier alpha value is -1.20. The average Bonchev–Trinajstić information content (AvgIpc) is 3.29. The SMILES string of the molecule is CSc1cc(C)ccc1CNC(=O)N(C)CC(O)C1CC1. The molecule has 2 rings (SSSR count). The monoisotopic (exact) mass is 308 g/mol. The van der Waals surface area contributed by atoms with Crippen LogP contribution in [-0.4, -0.2) is 42.0 Å². The van der Waals surface area contributed by atoms with E-state index >= 15 is 0 Å². The van der Waals surface area contributed by atoms with E-state index in [1.54, 1.807) is 23.7 Å². The van der Waals surface area contributed by atoms with Gasteiger partial charge in [0, 0.05) is 25.0 Å². The van der Waals surface area contributed by atoms with E-state index in [-0.39, 0.29) is 12.1 Å². The van der Waals surface area contributed by atoms with Crippen LogP contribution in [0.4, 0.5) is 4.79 Å². The number of hydrogen-bond acceptors (Lipinski definition) is 3. The van der Waals surface area contributed by atoms with Crippen molar-refractivity contribution in [3.8, 4) is 0 Å². The maximum absolute atomic E-state index is 12.1. The summed E-state index contributed by atoms with van der Waals surface area (Å²) >= 11 is 1.69. The van der Waals surface area contributed by atoms with Crippen molar-refractivity contribution in [2.24, 2.45) is 5.92 Å². The van der Waals surface area contributed by atoms with Crippen molar-refractivity contribution in [2.45, 2.75) is 37.3 Å². The summed E-state index contributed by atoms with van der Waals surface area (Å²) in [5.41, 5.74) is 2.34. The fourth-order valence-corrected chi connectivity index (χ4v) is 3.00. The first-order valence-corrected chi connectivity index (χ1v) is 8.54. The van der Waals surface area contributed by atoms with Crippen LogP contribution in [0, 0.1) is 12.8 Å². The van der Waals surface area contributed by atoms with Crippen LogP contribution < -0.4 is 5.32 Å². The third-order valence-corrected chi connectivity index (χ3v) is 4.67. The number of hydrogen-bond donors (Lipinski definition) is 2. The molecule has 21 heavy (non-hydrogen) atoms. The first kappa shape index (κ1) is 16.2. The maximum Gasteiger partial charge on any atom is 0.317 e. The van der Waals surface area contributed by atoms with Crippen molar-refractivity contribution in [1.82, 2.24) is 10.2 Å². The van der Waals surface area contributed by atoms with Crippen LogP contribution in [0.15, 0.2) is 23.1 Å². The van der Waals surface area contributed by atoms with Gasteiger partial charge in [0.05, 0.1) is 6.10 Å². The zero-order chi connectivity index (χ0) is 15.4. The van der Waals surface area contributed by atoms with Crippen molar-refractivity contribution >= 4 is 17.8 Å². The minimum Gasteiger partial charge on any atom is -0.391 e. The highest BCUT2D eigenvalue weighted by Crippen LogP contribution is 2.32. The van der Waals surface area contributed by atoms with E-state index in [4.69, 9.17) is 0 Å². The minimum atomic E-state index is -0.387. The van der Waals surface area contributed by atoms with Gasteiger partial charge in [0.15, 0.2) is 0 Å². The zero-order valence-electron chi connectivity index (χ0n) is 12.9. The molecule has 1 aliphatic carbocycles. The highest BCUT2D eigenvalue weighted by atomic mass is 32.2. The van der Waals surface area contributed by atoms with Gasteiger partial charge in [-0.2, -0.15) is 0 Å². The number of amides is 2. The smallest absolute Gasteiger partial charge is 0.317 e. The van der Waals surface area contributed by atoms with Gasteiger partial charge in [-0.05, 0) is 49.1 Å². The van der Waals surface area contributed by atoms with Gasteiger partial charge in [-0.3, -0.25) is 0 Å². The minimum absolute atomic E-state index is 0.137. The summed E-state index contributed by atoms with van der Waals surface area (Å²) in [4.78, 5) is 14.8. The third-order valence-electron chi connectivity index (χ3n) is 3.85. The molecule has 1 fully saturated rings. The van der Waals surface area contributed by atoms with Gasteiger partial charge in [0.2, 0.25) is 0 Å². The molecule has 4 nitrogen and oxygen atoms in total. The Morgan fingerprint density at radius 3 is 2.86 bits per heavy atom. The van der Waals surface area contributed by atoms with E-state index in [9.17, 15) is 9.90 Å². The highest BCUT2D eigenvalue weighted by molar-refractivity contribution is 7.98. The normalized spacial score (nSPS) is 15.6. The number of carbonyl (C=O) groups is 1. The highest BCUT2D eigenvalue weighted by Gasteiger charge is 2.31. The maximum atomic E-state index is 12.1. The fourth-order valence-electron chi connectivity index (χ4n) is 2.30. The number of nitrogens with one attached hydrogen (secondary N) is 1. The van der Waals surface area contributed by atoms with Crippen LogP contribution in [-0.2, 0) is 6.54 Å². The summed E-state index contributed by atoms with van der Waals surface area (Å²) in [6.45, 7) is 2.98. The first-order valence-electron chi connectivity index (χ1n) is 7.31. The molecule has 1 aromatic rings. The van der Waals surface area contributed by atoms with Crippen molar-refractivity contribution < 1.29 is 9.90 Å². The van der Waals surface area contributed by atoms with E-state index in [2.05, 4.69) is 30.4 Å². The number of aliphatic hydroxyl groups excluding tert-OH is 1. The predicted octanol–water partition coefficient (Wildman–Crippen LogP) is 2.63. The number of aryl methyl sites for hydroxylation is 1. The molecule has 1 unspecified atom stereocenters. The van der Waals surface area contributed by atoms with Crippen LogP contribution in [0.2, 0.25) is 0 Å². The third kappa shape index (κ3) is 4.64. The van der Waals surface area contributed by atoms with E-state index in [0.29, 0.717) is 19.0 Å². The first-order chi connectivity index (χ1) is 10.0. The van der Waals surface area contributed by atoms with Crippen LogP contribution in [0.1, 0.15) is 24.0 Å². The molecule has 1 aliphatic rings. The second kappa shape index (κ2) is 7.18. The number of likely N-dealkylation sites (N-methyl/N-ethyl adjacent to an activating group) is 1. The number of urea groups is 1. The summed E-state index contributed by atoms with van der Waals surface area (Å²) in [5, 5.41) is 12.8. The molecule has 1 saturated carbocycles.